The van der Waals surface area contributed by atoms with Gasteiger partial charge in [-0.15, -0.1) is 0 Å². The van der Waals surface area contributed by atoms with Gasteiger partial charge in [0, 0.05) is 17.0 Å². The lowest BCUT2D eigenvalue weighted by molar-refractivity contribution is 0.102. The normalized spacial score (nSPS) is 10.4. The number of nitrogens with one attached hydrogen (secondary N) is 1. The number of amides is 1. The minimum absolute atomic E-state index is 0.118. The summed E-state index contributed by atoms with van der Waals surface area (Å²) in [6.07, 6.45) is 2.06. The van der Waals surface area contributed by atoms with Crippen molar-refractivity contribution in [2.45, 2.75) is 12.7 Å². The molecule has 0 aromatic heterocycles. The molecule has 3 aromatic carbocycles. The Morgan fingerprint density at radius 2 is 1.46 bits per heavy atom. The van der Waals surface area contributed by atoms with Crippen molar-refractivity contribution in [1.82, 2.24) is 0 Å². The SMILES string of the molecule is CSCc1ccc(C(=O)Nc2ccc(Oc3ccc(C)cc3)cc2)cc1. The Kier molecular flexibility index (Phi) is 5.97. The van der Waals surface area contributed by atoms with Crippen LogP contribution in [0.15, 0.2) is 72.8 Å². The molecule has 0 radical (unpaired) electrons. The highest BCUT2D eigenvalue weighted by Gasteiger charge is 2.06. The fourth-order valence-corrected chi connectivity index (χ4v) is 3.00. The van der Waals surface area contributed by atoms with Crippen LogP contribution in [0.1, 0.15) is 21.5 Å². The second-order valence-corrected chi connectivity index (χ2v) is 6.89. The molecule has 0 aliphatic heterocycles. The molecule has 132 valence electrons. The van der Waals surface area contributed by atoms with Gasteiger partial charge >= 0.3 is 0 Å². The van der Waals surface area contributed by atoms with Gasteiger partial charge in [-0.2, -0.15) is 11.8 Å². The molecule has 0 saturated carbocycles. The first-order valence-corrected chi connectivity index (χ1v) is 9.77. The molecule has 4 heteroatoms. The van der Waals surface area contributed by atoms with E-state index in [2.05, 4.69) is 11.6 Å². The largest absolute Gasteiger partial charge is 0.457 e. The average Bonchev–Trinajstić information content (AvgIpc) is 2.66. The summed E-state index contributed by atoms with van der Waals surface area (Å²) >= 11 is 1.76. The van der Waals surface area contributed by atoms with Gasteiger partial charge in [-0.25, -0.2) is 0 Å². The summed E-state index contributed by atoms with van der Waals surface area (Å²) in [7, 11) is 0. The fourth-order valence-electron chi connectivity index (χ4n) is 2.47. The average molecular weight is 363 g/mol. The predicted octanol–water partition coefficient (Wildman–Crippen LogP) is 5.90. The van der Waals surface area contributed by atoms with E-state index in [1.54, 1.807) is 11.8 Å². The molecule has 1 N–H and O–H groups in total. The number of thioether (sulfide) groups is 1. The molecule has 0 heterocycles. The summed E-state index contributed by atoms with van der Waals surface area (Å²) < 4.78 is 5.80. The summed E-state index contributed by atoms with van der Waals surface area (Å²) in [6.45, 7) is 2.04. The third kappa shape index (κ3) is 4.90. The fraction of sp³-hybridized carbons (Fsp3) is 0.136. The predicted molar refractivity (Wildman–Crippen MR) is 109 cm³/mol. The van der Waals surface area contributed by atoms with Gasteiger partial charge in [0.05, 0.1) is 0 Å². The van der Waals surface area contributed by atoms with Crippen LogP contribution >= 0.6 is 11.8 Å². The number of benzene rings is 3. The Morgan fingerprint density at radius 1 is 0.885 bits per heavy atom. The molecule has 0 aliphatic rings. The second kappa shape index (κ2) is 8.59. The van der Waals surface area contributed by atoms with E-state index in [-0.39, 0.29) is 5.91 Å². The summed E-state index contributed by atoms with van der Waals surface area (Å²) in [5, 5.41) is 2.91. The number of hydrogen-bond acceptors (Lipinski definition) is 3. The van der Waals surface area contributed by atoms with Gasteiger partial charge < -0.3 is 10.1 Å². The van der Waals surface area contributed by atoms with Gasteiger partial charge in [0.15, 0.2) is 0 Å². The number of ether oxygens (including phenoxy) is 1. The van der Waals surface area contributed by atoms with Gasteiger partial charge in [-0.1, -0.05) is 29.8 Å². The van der Waals surface area contributed by atoms with Crippen LogP contribution < -0.4 is 10.1 Å². The first kappa shape index (κ1) is 18.1. The van der Waals surface area contributed by atoms with Crippen LogP contribution in [0.5, 0.6) is 11.5 Å². The van der Waals surface area contributed by atoms with Crippen LogP contribution in [0.4, 0.5) is 5.69 Å². The molecule has 0 unspecified atom stereocenters. The van der Waals surface area contributed by atoms with E-state index in [4.69, 9.17) is 4.74 Å². The van der Waals surface area contributed by atoms with E-state index in [1.165, 1.54) is 11.1 Å². The van der Waals surface area contributed by atoms with Crippen molar-refractivity contribution in [3.05, 3.63) is 89.5 Å². The number of carbonyl (C=O) groups is 1. The quantitative estimate of drug-likeness (QED) is 0.592. The third-order valence-corrected chi connectivity index (χ3v) is 4.52. The molecule has 0 fully saturated rings. The minimum Gasteiger partial charge on any atom is -0.457 e. The highest BCUT2D eigenvalue weighted by atomic mass is 32.2. The monoisotopic (exact) mass is 363 g/mol. The van der Waals surface area contributed by atoms with Gasteiger partial charge in [-0.05, 0) is 67.3 Å². The zero-order valence-electron chi connectivity index (χ0n) is 14.9. The summed E-state index contributed by atoms with van der Waals surface area (Å²) in [4.78, 5) is 12.3. The Morgan fingerprint density at radius 3 is 2.04 bits per heavy atom. The van der Waals surface area contributed by atoms with Crippen molar-refractivity contribution in [2.75, 3.05) is 11.6 Å². The Hall–Kier alpha value is -2.72. The molecule has 0 atom stereocenters. The van der Waals surface area contributed by atoms with Crippen LogP contribution in [0.3, 0.4) is 0 Å². The molecule has 0 spiro atoms. The summed E-state index contributed by atoms with van der Waals surface area (Å²) in [5.41, 5.74) is 3.79. The standard InChI is InChI=1S/C22H21NO2S/c1-16-3-11-20(12-4-16)25-21-13-9-19(10-14-21)23-22(24)18-7-5-17(6-8-18)15-26-2/h3-14H,15H2,1-2H3,(H,23,24). The molecule has 0 bridgehead atoms. The minimum atomic E-state index is -0.118. The zero-order chi connectivity index (χ0) is 18.4. The van der Waals surface area contributed by atoms with Crippen LogP contribution in [0, 0.1) is 6.92 Å². The van der Waals surface area contributed by atoms with Crippen LogP contribution in [-0.4, -0.2) is 12.2 Å². The van der Waals surface area contributed by atoms with Crippen LogP contribution in [0.25, 0.3) is 0 Å². The number of aryl methyl sites for hydroxylation is 1. The molecule has 0 saturated heterocycles. The molecular weight excluding hydrogens is 342 g/mol. The maximum atomic E-state index is 12.3. The first-order valence-electron chi connectivity index (χ1n) is 8.38. The van der Waals surface area contributed by atoms with E-state index in [0.717, 1.165) is 22.9 Å². The lowest BCUT2D eigenvalue weighted by Gasteiger charge is -2.09. The topological polar surface area (TPSA) is 38.3 Å². The van der Waals surface area contributed by atoms with Gasteiger partial charge in [0.1, 0.15) is 11.5 Å². The van der Waals surface area contributed by atoms with Crippen LogP contribution in [-0.2, 0) is 5.75 Å². The molecule has 26 heavy (non-hydrogen) atoms. The molecular formula is C22H21NO2S. The number of rotatable bonds is 6. The van der Waals surface area contributed by atoms with Crippen molar-refractivity contribution < 1.29 is 9.53 Å². The number of anilines is 1. The van der Waals surface area contributed by atoms with Gasteiger partial charge in [0.25, 0.3) is 5.91 Å². The third-order valence-electron chi connectivity index (χ3n) is 3.90. The maximum Gasteiger partial charge on any atom is 0.255 e. The van der Waals surface area contributed by atoms with E-state index in [9.17, 15) is 4.79 Å². The Balaban J connectivity index is 1.61. The molecule has 1 amide bonds. The second-order valence-electron chi connectivity index (χ2n) is 6.02. The number of carbonyl (C=O) groups excluding carboxylic acids is 1. The lowest BCUT2D eigenvalue weighted by atomic mass is 10.1. The van der Waals surface area contributed by atoms with E-state index in [0.29, 0.717) is 5.56 Å². The molecule has 0 aliphatic carbocycles. The van der Waals surface area contributed by atoms with Crippen molar-refractivity contribution in [1.29, 1.82) is 0 Å². The molecule has 3 rings (SSSR count). The van der Waals surface area contributed by atoms with Crippen molar-refractivity contribution >= 4 is 23.4 Å². The van der Waals surface area contributed by atoms with Gasteiger partial charge in [-0.3, -0.25) is 4.79 Å². The highest BCUT2D eigenvalue weighted by molar-refractivity contribution is 7.97. The molecule has 3 nitrogen and oxygen atoms in total. The van der Waals surface area contributed by atoms with E-state index >= 15 is 0 Å². The summed E-state index contributed by atoms with van der Waals surface area (Å²) in [6, 6.07) is 22.9. The van der Waals surface area contributed by atoms with E-state index < -0.39 is 0 Å². The smallest absolute Gasteiger partial charge is 0.255 e. The van der Waals surface area contributed by atoms with Crippen molar-refractivity contribution in [3.8, 4) is 11.5 Å². The lowest BCUT2D eigenvalue weighted by Crippen LogP contribution is -2.11. The van der Waals surface area contributed by atoms with Crippen molar-refractivity contribution in [3.63, 3.8) is 0 Å². The highest BCUT2D eigenvalue weighted by Crippen LogP contribution is 2.23. The van der Waals surface area contributed by atoms with Gasteiger partial charge in [0.2, 0.25) is 0 Å². The van der Waals surface area contributed by atoms with Crippen LogP contribution in [0.2, 0.25) is 0 Å². The van der Waals surface area contributed by atoms with E-state index in [1.807, 2.05) is 79.7 Å². The Labute approximate surface area is 158 Å². The first-order chi connectivity index (χ1) is 12.6. The zero-order valence-corrected chi connectivity index (χ0v) is 15.7. The maximum absolute atomic E-state index is 12.3. The number of hydrogen-bond donors (Lipinski definition) is 1. The van der Waals surface area contributed by atoms with Crippen molar-refractivity contribution in [2.24, 2.45) is 0 Å². The Bertz CT molecular complexity index is 856. The molecule has 3 aromatic rings. The summed E-state index contributed by atoms with van der Waals surface area (Å²) in [5.74, 6) is 2.35.